The molecule has 16 heavy (non-hydrogen) atoms. The second-order valence-electron chi connectivity index (χ2n) is 4.73. The zero-order valence-corrected chi connectivity index (χ0v) is 10.1. The third-order valence-corrected chi connectivity index (χ3v) is 2.84. The van der Waals surface area contributed by atoms with Gasteiger partial charge in [0.15, 0.2) is 5.78 Å². The average Bonchev–Trinajstić information content (AvgIpc) is 2.18. The number of ether oxygens (including phenoxy) is 2. The first-order valence-corrected chi connectivity index (χ1v) is 5.34. The Balaban J connectivity index is 2.58. The van der Waals surface area contributed by atoms with Crippen LogP contribution in [-0.4, -0.2) is 18.5 Å². The van der Waals surface area contributed by atoms with Gasteiger partial charge in [0.25, 0.3) is 0 Å². The van der Waals surface area contributed by atoms with Crippen molar-refractivity contribution in [3.63, 3.8) is 0 Å². The normalized spacial score (nSPS) is 17.6. The highest BCUT2D eigenvalue weighted by molar-refractivity contribution is 6.01. The number of carbonyl (C=O) groups excluding carboxylic acids is 1. The molecule has 1 aliphatic rings. The van der Waals surface area contributed by atoms with Gasteiger partial charge in [0.05, 0.1) is 19.1 Å². The van der Waals surface area contributed by atoms with Crippen LogP contribution in [0.5, 0.6) is 11.5 Å². The second-order valence-corrected chi connectivity index (χ2v) is 4.73. The van der Waals surface area contributed by atoms with Crippen LogP contribution in [0.2, 0.25) is 0 Å². The molecule has 0 atom stereocenters. The van der Waals surface area contributed by atoms with Crippen LogP contribution in [0.25, 0.3) is 0 Å². The van der Waals surface area contributed by atoms with Gasteiger partial charge in [-0.2, -0.15) is 0 Å². The lowest BCUT2D eigenvalue weighted by Crippen LogP contribution is -2.36. The van der Waals surface area contributed by atoms with Crippen LogP contribution in [0.4, 0.5) is 0 Å². The number of ketones is 1. The van der Waals surface area contributed by atoms with Crippen molar-refractivity contribution in [2.24, 2.45) is 0 Å². The fourth-order valence-corrected chi connectivity index (χ4v) is 2.04. The highest BCUT2D eigenvalue weighted by Gasteiger charge is 2.33. The molecule has 0 bridgehead atoms. The maximum atomic E-state index is 11.9. The summed E-state index contributed by atoms with van der Waals surface area (Å²) in [5, 5.41) is 0. The first-order chi connectivity index (χ1) is 7.44. The minimum atomic E-state index is -0.429. The number of hydrogen-bond acceptors (Lipinski definition) is 3. The van der Waals surface area contributed by atoms with Crippen molar-refractivity contribution in [1.29, 1.82) is 0 Å². The van der Waals surface area contributed by atoms with Crippen LogP contribution in [0.3, 0.4) is 0 Å². The molecule has 0 aliphatic carbocycles. The maximum absolute atomic E-state index is 11.9. The van der Waals surface area contributed by atoms with Crippen molar-refractivity contribution in [2.75, 3.05) is 7.11 Å². The molecule has 0 aromatic heterocycles. The van der Waals surface area contributed by atoms with Crippen molar-refractivity contribution in [1.82, 2.24) is 0 Å². The predicted molar refractivity (Wildman–Crippen MR) is 61.4 cm³/mol. The highest BCUT2D eigenvalue weighted by atomic mass is 16.5. The topological polar surface area (TPSA) is 35.5 Å². The van der Waals surface area contributed by atoms with Gasteiger partial charge in [0.1, 0.15) is 17.1 Å². The molecule has 0 radical (unpaired) electrons. The first kappa shape index (κ1) is 11.0. The molecule has 0 unspecified atom stereocenters. The SMILES string of the molecule is COc1ccc2c(c1C)OC(C)(C)CC2=O. The minimum absolute atomic E-state index is 0.136. The Bertz CT molecular complexity index is 447. The van der Waals surface area contributed by atoms with Gasteiger partial charge in [-0.1, -0.05) is 0 Å². The van der Waals surface area contributed by atoms with E-state index in [1.807, 2.05) is 26.8 Å². The Morgan fingerprint density at radius 2 is 2.06 bits per heavy atom. The van der Waals surface area contributed by atoms with Crippen molar-refractivity contribution in [2.45, 2.75) is 32.8 Å². The molecule has 3 heteroatoms. The number of Topliss-reactive ketones (excluding diaryl/α,β-unsaturated/α-hetero) is 1. The minimum Gasteiger partial charge on any atom is -0.496 e. The van der Waals surface area contributed by atoms with Crippen LogP contribution in [0, 0.1) is 6.92 Å². The number of methoxy groups -OCH3 is 1. The molecule has 0 fully saturated rings. The van der Waals surface area contributed by atoms with Crippen molar-refractivity contribution in [3.8, 4) is 11.5 Å². The van der Waals surface area contributed by atoms with Crippen molar-refractivity contribution in [3.05, 3.63) is 23.3 Å². The fourth-order valence-electron chi connectivity index (χ4n) is 2.04. The van der Waals surface area contributed by atoms with E-state index >= 15 is 0 Å². The first-order valence-electron chi connectivity index (χ1n) is 5.34. The number of rotatable bonds is 1. The molecule has 1 aromatic carbocycles. The van der Waals surface area contributed by atoms with Gasteiger partial charge in [-0.05, 0) is 32.9 Å². The summed E-state index contributed by atoms with van der Waals surface area (Å²) in [5.41, 5.74) is 1.13. The Morgan fingerprint density at radius 1 is 1.38 bits per heavy atom. The molecule has 0 saturated carbocycles. The summed E-state index contributed by atoms with van der Waals surface area (Å²) < 4.78 is 11.1. The molecule has 0 amide bonds. The largest absolute Gasteiger partial charge is 0.496 e. The van der Waals surface area contributed by atoms with Gasteiger partial charge in [0.2, 0.25) is 0 Å². The third-order valence-electron chi connectivity index (χ3n) is 2.84. The third kappa shape index (κ3) is 1.66. The van der Waals surface area contributed by atoms with Crippen molar-refractivity contribution >= 4 is 5.78 Å². The molecule has 0 saturated heterocycles. The molecular weight excluding hydrogens is 204 g/mol. The molecule has 0 spiro atoms. The van der Waals surface area contributed by atoms with E-state index in [0.29, 0.717) is 17.7 Å². The number of benzene rings is 1. The molecule has 2 rings (SSSR count). The Labute approximate surface area is 95.4 Å². The summed E-state index contributed by atoms with van der Waals surface area (Å²) >= 11 is 0. The molecule has 86 valence electrons. The molecular formula is C13H16O3. The van der Waals surface area contributed by atoms with Crippen LogP contribution in [0.15, 0.2) is 12.1 Å². The van der Waals surface area contributed by atoms with E-state index in [0.717, 1.165) is 11.3 Å². The summed E-state index contributed by atoms with van der Waals surface area (Å²) in [6, 6.07) is 3.59. The number of fused-ring (bicyclic) bond motifs is 1. The highest BCUT2D eigenvalue weighted by Crippen LogP contribution is 2.39. The van der Waals surface area contributed by atoms with Crippen LogP contribution in [-0.2, 0) is 0 Å². The number of carbonyl (C=O) groups is 1. The van der Waals surface area contributed by atoms with Crippen molar-refractivity contribution < 1.29 is 14.3 Å². The van der Waals surface area contributed by atoms with E-state index in [1.165, 1.54) is 0 Å². The second kappa shape index (κ2) is 3.51. The fraction of sp³-hybridized carbons (Fsp3) is 0.462. The van der Waals surface area contributed by atoms with Gasteiger partial charge in [0, 0.05) is 5.56 Å². The Morgan fingerprint density at radius 3 is 2.69 bits per heavy atom. The molecule has 1 heterocycles. The van der Waals surface area contributed by atoms with Gasteiger partial charge in [-0.3, -0.25) is 4.79 Å². The lowest BCUT2D eigenvalue weighted by atomic mass is 9.91. The smallest absolute Gasteiger partial charge is 0.170 e. The molecule has 3 nitrogen and oxygen atoms in total. The van der Waals surface area contributed by atoms with Crippen LogP contribution < -0.4 is 9.47 Å². The predicted octanol–water partition coefficient (Wildman–Crippen LogP) is 2.75. The summed E-state index contributed by atoms with van der Waals surface area (Å²) in [4.78, 5) is 11.9. The van der Waals surface area contributed by atoms with E-state index in [2.05, 4.69) is 0 Å². The van der Waals surface area contributed by atoms with Gasteiger partial charge in [-0.15, -0.1) is 0 Å². The monoisotopic (exact) mass is 220 g/mol. The standard InChI is InChI=1S/C13H16O3/c1-8-11(15-4)6-5-9-10(14)7-13(2,3)16-12(8)9/h5-6H,7H2,1-4H3. The summed E-state index contributed by atoms with van der Waals surface area (Å²) in [7, 11) is 1.62. The zero-order valence-electron chi connectivity index (χ0n) is 10.1. The van der Waals surface area contributed by atoms with E-state index in [-0.39, 0.29) is 5.78 Å². The zero-order chi connectivity index (χ0) is 11.9. The van der Waals surface area contributed by atoms with E-state index < -0.39 is 5.60 Å². The van der Waals surface area contributed by atoms with E-state index in [9.17, 15) is 4.79 Å². The van der Waals surface area contributed by atoms with E-state index in [1.54, 1.807) is 13.2 Å². The van der Waals surface area contributed by atoms with Gasteiger partial charge in [-0.25, -0.2) is 0 Å². The average molecular weight is 220 g/mol. The maximum Gasteiger partial charge on any atom is 0.170 e. The quantitative estimate of drug-likeness (QED) is 0.730. The number of hydrogen-bond donors (Lipinski definition) is 0. The summed E-state index contributed by atoms with van der Waals surface area (Å²) in [6.45, 7) is 5.76. The van der Waals surface area contributed by atoms with Gasteiger partial charge >= 0.3 is 0 Å². The van der Waals surface area contributed by atoms with E-state index in [4.69, 9.17) is 9.47 Å². The summed E-state index contributed by atoms with van der Waals surface area (Å²) in [5.74, 6) is 1.56. The lowest BCUT2D eigenvalue weighted by molar-refractivity contribution is 0.0614. The Kier molecular flexibility index (Phi) is 2.41. The molecule has 0 N–H and O–H groups in total. The molecule has 1 aromatic rings. The summed E-state index contributed by atoms with van der Waals surface area (Å²) in [6.07, 6.45) is 0.422. The van der Waals surface area contributed by atoms with Gasteiger partial charge < -0.3 is 9.47 Å². The Hall–Kier alpha value is -1.51. The van der Waals surface area contributed by atoms with Crippen LogP contribution in [0.1, 0.15) is 36.2 Å². The lowest BCUT2D eigenvalue weighted by Gasteiger charge is -2.32. The molecule has 1 aliphatic heterocycles. The van der Waals surface area contributed by atoms with Crippen LogP contribution >= 0.6 is 0 Å².